The van der Waals surface area contributed by atoms with Crippen LogP contribution in [-0.2, 0) is 21.5 Å². The molecule has 210 valence electrons. The molecular weight excluding hydrogens is 576 g/mol. The predicted molar refractivity (Wildman–Crippen MR) is 152 cm³/mol. The van der Waals surface area contributed by atoms with E-state index in [1.54, 1.807) is 4.90 Å². The lowest BCUT2D eigenvalue weighted by molar-refractivity contribution is -0.116. The summed E-state index contributed by atoms with van der Waals surface area (Å²) in [4.78, 5) is 46.2. The summed E-state index contributed by atoms with van der Waals surface area (Å²) in [7, 11) is 0. The highest BCUT2D eigenvalue weighted by molar-refractivity contribution is 9.10. The molecule has 1 aromatic carbocycles. The normalized spacial score (nSPS) is 22.8. The lowest BCUT2D eigenvalue weighted by Gasteiger charge is -2.41. The zero-order valence-electron chi connectivity index (χ0n) is 22.9. The summed E-state index contributed by atoms with van der Waals surface area (Å²) in [6.45, 7) is 6.66. The Morgan fingerprint density at radius 1 is 1.15 bits per heavy atom. The molecular formula is C29H33BrN6O4. The van der Waals surface area contributed by atoms with Crippen LogP contribution < -0.4 is 10.9 Å². The molecule has 2 aromatic heterocycles. The molecule has 7 rings (SSSR count). The third-order valence-electron chi connectivity index (χ3n) is 8.96. The van der Waals surface area contributed by atoms with Crippen LogP contribution in [0.5, 0.6) is 0 Å². The number of rotatable bonds is 4. The van der Waals surface area contributed by atoms with Crippen molar-refractivity contribution in [1.82, 2.24) is 24.1 Å². The van der Waals surface area contributed by atoms with E-state index in [0.29, 0.717) is 48.3 Å². The fourth-order valence-electron chi connectivity index (χ4n) is 6.99. The number of carbonyl (C=O) groups excluding carboxylic acids is 2. The molecule has 4 aliphatic rings. The number of amides is 2. The van der Waals surface area contributed by atoms with Gasteiger partial charge < -0.3 is 19.5 Å². The second-order valence-corrected chi connectivity index (χ2v) is 13.5. The zero-order valence-corrected chi connectivity index (χ0v) is 24.5. The highest BCUT2D eigenvalue weighted by atomic mass is 79.9. The van der Waals surface area contributed by atoms with Gasteiger partial charge in [-0.2, -0.15) is 9.50 Å². The number of nitrogens with zero attached hydrogens (tertiary/aromatic N) is 5. The molecule has 2 saturated carbocycles. The molecule has 3 aromatic rings. The highest BCUT2D eigenvalue weighted by Crippen LogP contribution is 2.67. The number of benzene rings is 1. The first-order valence-electron chi connectivity index (χ1n) is 14.1. The van der Waals surface area contributed by atoms with Crippen LogP contribution in [0.2, 0.25) is 0 Å². The van der Waals surface area contributed by atoms with Gasteiger partial charge in [0, 0.05) is 41.4 Å². The SMILES string of the molecule is CC(C)(C)OC(=O)N1CCC2(CC1)c1c(n(CC(=O)Nc3ccc(C4CC4)cc3)c3nc(Br)nn3c1=O)[C@H]1C[C@H]12. The Morgan fingerprint density at radius 2 is 1.85 bits per heavy atom. The van der Waals surface area contributed by atoms with E-state index >= 15 is 0 Å². The van der Waals surface area contributed by atoms with Crippen molar-refractivity contribution in [2.45, 2.75) is 82.3 Å². The largest absolute Gasteiger partial charge is 0.444 e. The van der Waals surface area contributed by atoms with E-state index in [1.807, 2.05) is 37.5 Å². The van der Waals surface area contributed by atoms with Crippen LogP contribution >= 0.6 is 15.9 Å². The average molecular weight is 610 g/mol. The Balaban J connectivity index is 1.20. The number of anilines is 1. The Kier molecular flexibility index (Phi) is 5.72. The standard InChI is InChI=1S/C29H33BrN6O4/c1-28(2,3)40-27(39)34-12-10-29(11-13-34)20-14-19(20)23-22(29)24(38)36-26(32-25(30)33-36)35(23)15-21(37)31-18-8-6-17(7-9-18)16-4-5-16/h6-9,16,19-20H,4-5,10-15H2,1-3H3,(H,31,37)/t19-,20+/m0/s1. The van der Waals surface area contributed by atoms with Gasteiger partial charge in [0.25, 0.3) is 5.56 Å². The number of hydrogen-bond acceptors (Lipinski definition) is 6. The predicted octanol–water partition coefficient (Wildman–Crippen LogP) is 4.56. The van der Waals surface area contributed by atoms with Crippen molar-refractivity contribution in [2.75, 3.05) is 18.4 Å². The van der Waals surface area contributed by atoms with Gasteiger partial charge in [-0.15, -0.1) is 5.10 Å². The highest BCUT2D eigenvalue weighted by Gasteiger charge is 2.64. The van der Waals surface area contributed by atoms with Gasteiger partial charge in [0.15, 0.2) is 0 Å². The molecule has 3 fully saturated rings. The van der Waals surface area contributed by atoms with Crippen LogP contribution in [0.15, 0.2) is 33.8 Å². The second-order valence-electron chi connectivity index (χ2n) is 12.8. The van der Waals surface area contributed by atoms with Gasteiger partial charge in [-0.25, -0.2) is 4.79 Å². The third kappa shape index (κ3) is 4.24. The Morgan fingerprint density at radius 3 is 2.50 bits per heavy atom. The fraction of sp³-hybridized carbons (Fsp3) is 0.552. The quantitative estimate of drug-likeness (QED) is 0.465. The van der Waals surface area contributed by atoms with Gasteiger partial charge >= 0.3 is 6.09 Å². The molecule has 0 unspecified atom stereocenters. The summed E-state index contributed by atoms with van der Waals surface area (Å²) in [5.41, 5.74) is 2.63. The van der Waals surface area contributed by atoms with Crippen LogP contribution in [0.25, 0.3) is 5.78 Å². The van der Waals surface area contributed by atoms with Crippen molar-refractivity contribution in [3.8, 4) is 0 Å². The maximum absolute atomic E-state index is 13.9. The number of nitrogens with one attached hydrogen (secondary N) is 1. The molecule has 1 aliphatic heterocycles. The lowest BCUT2D eigenvalue weighted by Crippen LogP contribution is -2.49. The summed E-state index contributed by atoms with van der Waals surface area (Å²) >= 11 is 3.33. The van der Waals surface area contributed by atoms with Gasteiger partial charge in [0.1, 0.15) is 12.1 Å². The fourth-order valence-corrected chi connectivity index (χ4v) is 7.30. The first-order valence-corrected chi connectivity index (χ1v) is 14.9. The summed E-state index contributed by atoms with van der Waals surface area (Å²) < 4.78 is 9.12. The van der Waals surface area contributed by atoms with Crippen molar-refractivity contribution in [3.63, 3.8) is 0 Å². The van der Waals surface area contributed by atoms with Crippen LogP contribution in [0.1, 0.15) is 81.5 Å². The minimum atomic E-state index is -0.562. The molecule has 0 bridgehead atoms. The average Bonchev–Trinajstić information content (AvgIpc) is 3.82. The van der Waals surface area contributed by atoms with Gasteiger partial charge in [-0.05, 0) is 98.3 Å². The van der Waals surface area contributed by atoms with Crippen LogP contribution in [0.3, 0.4) is 0 Å². The second kappa shape index (κ2) is 8.89. The summed E-state index contributed by atoms with van der Waals surface area (Å²) in [6.07, 6.45) is 4.47. The van der Waals surface area contributed by atoms with E-state index in [1.165, 1.54) is 22.9 Å². The van der Waals surface area contributed by atoms with Gasteiger partial charge in [0.2, 0.25) is 16.4 Å². The number of likely N-dealkylation sites (tertiary alicyclic amines) is 1. The van der Waals surface area contributed by atoms with E-state index < -0.39 is 5.60 Å². The van der Waals surface area contributed by atoms with E-state index in [9.17, 15) is 14.4 Å². The molecule has 11 heteroatoms. The van der Waals surface area contributed by atoms with E-state index in [-0.39, 0.29) is 35.4 Å². The van der Waals surface area contributed by atoms with Crippen molar-refractivity contribution >= 4 is 39.4 Å². The first-order chi connectivity index (χ1) is 19.0. The number of ether oxygens (including phenoxy) is 1. The van der Waals surface area contributed by atoms with Crippen LogP contribution in [-0.4, -0.2) is 54.8 Å². The van der Waals surface area contributed by atoms with Crippen molar-refractivity contribution in [2.24, 2.45) is 5.92 Å². The van der Waals surface area contributed by atoms with E-state index in [2.05, 4.69) is 43.5 Å². The molecule has 1 saturated heterocycles. The number of hydrogen-bond donors (Lipinski definition) is 1. The van der Waals surface area contributed by atoms with Gasteiger partial charge in [-0.3, -0.25) is 9.59 Å². The number of piperidine rings is 1. The molecule has 0 radical (unpaired) electrons. The van der Waals surface area contributed by atoms with Gasteiger partial charge in [-0.1, -0.05) is 12.1 Å². The summed E-state index contributed by atoms with van der Waals surface area (Å²) in [6, 6.07) is 8.07. The van der Waals surface area contributed by atoms with Crippen molar-refractivity contribution in [3.05, 3.63) is 56.2 Å². The Hall–Kier alpha value is -3.21. The summed E-state index contributed by atoms with van der Waals surface area (Å²) in [5.74, 6) is 1.35. The maximum atomic E-state index is 13.9. The third-order valence-corrected chi connectivity index (χ3v) is 9.30. The topological polar surface area (TPSA) is 111 Å². The first kappa shape index (κ1) is 25.7. The minimum absolute atomic E-state index is 0.0327. The van der Waals surface area contributed by atoms with Crippen LogP contribution in [0, 0.1) is 5.92 Å². The molecule has 10 nitrogen and oxygen atoms in total. The number of halogens is 1. The smallest absolute Gasteiger partial charge is 0.410 e. The number of fused-ring (bicyclic) bond motifs is 6. The summed E-state index contributed by atoms with van der Waals surface area (Å²) in [5, 5.41) is 7.37. The molecule has 3 heterocycles. The molecule has 2 amide bonds. The molecule has 40 heavy (non-hydrogen) atoms. The molecule has 3 aliphatic carbocycles. The van der Waals surface area contributed by atoms with Crippen molar-refractivity contribution < 1.29 is 14.3 Å². The molecule has 1 spiro atoms. The lowest BCUT2D eigenvalue weighted by atomic mass is 9.71. The Bertz CT molecular complexity index is 1590. The monoisotopic (exact) mass is 608 g/mol. The number of aromatic nitrogens is 4. The minimum Gasteiger partial charge on any atom is -0.444 e. The van der Waals surface area contributed by atoms with Crippen molar-refractivity contribution in [1.29, 1.82) is 0 Å². The maximum Gasteiger partial charge on any atom is 0.410 e. The van der Waals surface area contributed by atoms with E-state index in [0.717, 1.165) is 23.4 Å². The Labute approximate surface area is 240 Å². The molecule has 2 atom stereocenters. The van der Waals surface area contributed by atoms with Crippen LogP contribution in [0.4, 0.5) is 10.5 Å². The zero-order chi connectivity index (χ0) is 28.0. The number of carbonyl (C=O) groups is 2. The van der Waals surface area contributed by atoms with E-state index in [4.69, 9.17) is 4.74 Å². The molecule has 1 N–H and O–H groups in total. The van der Waals surface area contributed by atoms with Gasteiger partial charge in [0.05, 0.1) is 0 Å².